The van der Waals surface area contributed by atoms with Gasteiger partial charge in [0.25, 0.3) is 0 Å². The summed E-state index contributed by atoms with van der Waals surface area (Å²) in [6.45, 7) is 9.57. The number of hydrogen-bond acceptors (Lipinski definition) is 4. The Balaban J connectivity index is 3.46. The lowest BCUT2D eigenvalue weighted by Gasteiger charge is -2.18. The molecule has 204 valence electrons. The van der Waals surface area contributed by atoms with Gasteiger partial charge in [-0.1, -0.05) is 104 Å². The first-order valence-corrected chi connectivity index (χ1v) is 14.9. The lowest BCUT2D eigenvalue weighted by Crippen LogP contribution is -2.19. The molecule has 4 heteroatoms. The molecule has 0 N–H and O–H groups in total. The molecule has 0 atom stereocenters. The first-order valence-electron chi connectivity index (χ1n) is 14.9. The first-order chi connectivity index (χ1) is 16.8. The van der Waals surface area contributed by atoms with E-state index in [1.54, 1.807) is 6.26 Å². The molecular weight excluding hydrogens is 424 g/mol. The molecule has 34 heavy (non-hydrogen) atoms. The third-order valence-electron chi connectivity index (χ3n) is 6.15. The van der Waals surface area contributed by atoms with E-state index in [9.17, 15) is 0 Å². The highest BCUT2D eigenvalue weighted by atomic mass is 16.7. The molecule has 0 fully saturated rings. The molecule has 0 unspecified atom stereocenters. The van der Waals surface area contributed by atoms with E-state index < -0.39 is 0 Å². The normalized spacial score (nSPS) is 11.8. The van der Waals surface area contributed by atoms with Crippen molar-refractivity contribution in [2.24, 2.45) is 0 Å². The van der Waals surface area contributed by atoms with Crippen LogP contribution in [0.25, 0.3) is 0 Å². The van der Waals surface area contributed by atoms with Crippen molar-refractivity contribution in [2.45, 2.75) is 155 Å². The maximum atomic E-state index is 6.02. The highest BCUT2D eigenvalue weighted by Gasteiger charge is 2.09. The van der Waals surface area contributed by atoms with Crippen molar-refractivity contribution in [3.05, 3.63) is 12.3 Å². The minimum atomic E-state index is 0.0199. The largest absolute Gasteiger partial charge is 0.475 e. The molecule has 0 aromatic heterocycles. The molecule has 0 amide bonds. The van der Waals surface area contributed by atoms with E-state index >= 15 is 0 Å². The van der Waals surface area contributed by atoms with Gasteiger partial charge in [0.2, 0.25) is 0 Å². The van der Waals surface area contributed by atoms with Gasteiger partial charge in [0, 0.05) is 13.2 Å². The Hall–Kier alpha value is -0.580. The van der Waals surface area contributed by atoms with Crippen LogP contribution < -0.4 is 0 Å². The smallest absolute Gasteiger partial charge is 0.188 e. The van der Waals surface area contributed by atoms with Crippen LogP contribution in [-0.4, -0.2) is 32.9 Å². The van der Waals surface area contributed by atoms with E-state index in [2.05, 4.69) is 26.8 Å². The van der Waals surface area contributed by atoms with Gasteiger partial charge in [0.05, 0.1) is 12.9 Å². The average molecular weight is 485 g/mol. The van der Waals surface area contributed by atoms with E-state index in [0.717, 1.165) is 51.9 Å². The lowest BCUT2D eigenvalue weighted by atomic mass is 10.1. The topological polar surface area (TPSA) is 36.9 Å². The summed E-state index contributed by atoms with van der Waals surface area (Å²) in [5, 5.41) is 0. The zero-order valence-electron chi connectivity index (χ0n) is 23.3. The van der Waals surface area contributed by atoms with Gasteiger partial charge in [-0.3, -0.25) is 0 Å². The van der Waals surface area contributed by atoms with Gasteiger partial charge in [0.15, 0.2) is 13.1 Å². The SMILES string of the molecule is CCCCCOCOC=CCCCCCCCCCCCC(OCCCCC)OCCCCC. The van der Waals surface area contributed by atoms with Crippen LogP contribution in [0.3, 0.4) is 0 Å². The molecule has 0 saturated carbocycles. The Bertz CT molecular complexity index is 374. The predicted octanol–water partition coefficient (Wildman–Crippen LogP) is 9.71. The Morgan fingerprint density at radius 1 is 0.529 bits per heavy atom. The second-order valence-electron chi connectivity index (χ2n) is 9.62. The van der Waals surface area contributed by atoms with Crippen LogP contribution in [-0.2, 0) is 18.9 Å². The standard InChI is InChI=1S/C30H60O4/c1-4-7-20-25-31-29-32-26-23-18-16-14-12-10-11-13-15-17-19-24-30(33-27-21-8-5-2)34-28-22-9-6-3/h23,26,30H,4-22,24-25,27-29H2,1-3H3. The minimum absolute atomic E-state index is 0.0199. The maximum absolute atomic E-state index is 6.02. The number of unbranched alkanes of at least 4 members (excludes halogenated alkanes) is 15. The molecule has 0 spiro atoms. The Morgan fingerprint density at radius 3 is 1.59 bits per heavy atom. The number of allylic oxidation sites excluding steroid dienone is 1. The van der Waals surface area contributed by atoms with E-state index in [-0.39, 0.29) is 6.29 Å². The molecule has 0 bridgehead atoms. The third kappa shape index (κ3) is 27.7. The van der Waals surface area contributed by atoms with Gasteiger partial charge < -0.3 is 18.9 Å². The molecule has 0 saturated heterocycles. The fraction of sp³-hybridized carbons (Fsp3) is 0.933. The lowest BCUT2D eigenvalue weighted by molar-refractivity contribution is -0.148. The molecule has 0 aliphatic carbocycles. The average Bonchev–Trinajstić information content (AvgIpc) is 2.85. The summed E-state index contributed by atoms with van der Waals surface area (Å²) in [7, 11) is 0. The molecule has 0 aliphatic rings. The summed E-state index contributed by atoms with van der Waals surface area (Å²) in [4.78, 5) is 0. The minimum Gasteiger partial charge on any atom is -0.475 e. The van der Waals surface area contributed by atoms with Crippen LogP contribution in [0.1, 0.15) is 149 Å². The van der Waals surface area contributed by atoms with E-state index in [0.29, 0.717) is 6.79 Å². The van der Waals surface area contributed by atoms with Crippen molar-refractivity contribution in [2.75, 3.05) is 26.6 Å². The van der Waals surface area contributed by atoms with Crippen molar-refractivity contribution in [1.29, 1.82) is 0 Å². The predicted molar refractivity (Wildman–Crippen MR) is 146 cm³/mol. The molecule has 0 aliphatic heterocycles. The van der Waals surface area contributed by atoms with Crippen LogP contribution in [0.15, 0.2) is 12.3 Å². The number of rotatable bonds is 29. The van der Waals surface area contributed by atoms with Crippen molar-refractivity contribution in [3.63, 3.8) is 0 Å². The highest BCUT2D eigenvalue weighted by molar-refractivity contribution is 4.72. The molecule has 0 radical (unpaired) electrons. The number of ether oxygens (including phenoxy) is 4. The monoisotopic (exact) mass is 484 g/mol. The Morgan fingerprint density at radius 2 is 1.03 bits per heavy atom. The van der Waals surface area contributed by atoms with Gasteiger partial charge in [-0.2, -0.15) is 0 Å². The van der Waals surface area contributed by atoms with Crippen LogP contribution in [0.2, 0.25) is 0 Å². The summed E-state index contributed by atoms with van der Waals surface area (Å²) < 4.78 is 22.8. The van der Waals surface area contributed by atoms with E-state index in [1.165, 1.54) is 96.3 Å². The summed E-state index contributed by atoms with van der Waals surface area (Å²) in [5.74, 6) is 0. The van der Waals surface area contributed by atoms with Crippen molar-refractivity contribution in [3.8, 4) is 0 Å². The molecular formula is C30H60O4. The van der Waals surface area contributed by atoms with Gasteiger partial charge >= 0.3 is 0 Å². The fourth-order valence-corrected chi connectivity index (χ4v) is 3.90. The quantitative estimate of drug-likeness (QED) is 0.0601. The van der Waals surface area contributed by atoms with Crippen molar-refractivity contribution in [1.82, 2.24) is 0 Å². The molecule has 0 aromatic carbocycles. The molecule has 0 aromatic rings. The Labute approximate surface area is 213 Å². The van der Waals surface area contributed by atoms with Gasteiger partial charge in [-0.25, -0.2) is 0 Å². The summed E-state index contributed by atoms with van der Waals surface area (Å²) >= 11 is 0. The van der Waals surface area contributed by atoms with Gasteiger partial charge in [0.1, 0.15) is 0 Å². The third-order valence-corrected chi connectivity index (χ3v) is 6.15. The fourth-order valence-electron chi connectivity index (χ4n) is 3.90. The summed E-state index contributed by atoms with van der Waals surface area (Å²) in [6.07, 6.45) is 28.9. The van der Waals surface area contributed by atoms with Crippen LogP contribution >= 0.6 is 0 Å². The van der Waals surface area contributed by atoms with E-state index in [4.69, 9.17) is 18.9 Å². The van der Waals surface area contributed by atoms with Crippen LogP contribution in [0.5, 0.6) is 0 Å². The summed E-state index contributed by atoms with van der Waals surface area (Å²) in [5.41, 5.74) is 0. The zero-order valence-corrected chi connectivity index (χ0v) is 23.3. The highest BCUT2D eigenvalue weighted by Crippen LogP contribution is 2.14. The van der Waals surface area contributed by atoms with Crippen LogP contribution in [0, 0.1) is 0 Å². The number of hydrogen-bond donors (Lipinski definition) is 0. The summed E-state index contributed by atoms with van der Waals surface area (Å²) in [6, 6.07) is 0. The second-order valence-corrected chi connectivity index (χ2v) is 9.62. The first kappa shape index (κ1) is 33.4. The van der Waals surface area contributed by atoms with Gasteiger partial charge in [-0.05, 0) is 51.0 Å². The van der Waals surface area contributed by atoms with Crippen LogP contribution in [0.4, 0.5) is 0 Å². The van der Waals surface area contributed by atoms with E-state index in [1.807, 2.05) is 0 Å². The van der Waals surface area contributed by atoms with Gasteiger partial charge in [-0.15, -0.1) is 0 Å². The molecule has 0 rings (SSSR count). The maximum Gasteiger partial charge on any atom is 0.188 e. The van der Waals surface area contributed by atoms with Crippen molar-refractivity contribution < 1.29 is 18.9 Å². The molecule has 4 nitrogen and oxygen atoms in total. The Kier molecular flexibility index (Phi) is 29.9. The second kappa shape index (κ2) is 30.5. The zero-order chi connectivity index (χ0) is 24.8. The van der Waals surface area contributed by atoms with Crippen molar-refractivity contribution >= 4 is 0 Å². The molecule has 0 heterocycles.